The first kappa shape index (κ1) is 18.4. The molecular weight excluding hydrogens is 403 g/mol. The van der Waals surface area contributed by atoms with E-state index in [0.29, 0.717) is 10.9 Å². The second kappa shape index (κ2) is 7.11. The molecule has 3 rings (SSSR count). The van der Waals surface area contributed by atoms with Crippen LogP contribution in [0.5, 0.6) is 0 Å². The van der Waals surface area contributed by atoms with Crippen molar-refractivity contribution in [3.63, 3.8) is 0 Å². The number of anilines is 1. The Morgan fingerprint density at radius 2 is 1.88 bits per heavy atom. The molecule has 3 aromatic rings. The van der Waals surface area contributed by atoms with Crippen LogP contribution in [-0.4, -0.2) is 20.9 Å². The number of fused-ring (bicyclic) bond motifs is 1. The highest BCUT2D eigenvalue weighted by atomic mass is 35.5. The number of nitrogen functional groups attached to an aromatic ring is 1. The van der Waals surface area contributed by atoms with Gasteiger partial charge in [0.15, 0.2) is 22.8 Å². The third-order valence-corrected chi connectivity index (χ3v) is 4.70. The SMILES string of the molecule is C[C@H](OC(=O)c1nc(Cl)c(Cl)c(N)c1Cl)c1nc2ccccc2c(=O)[nH]1. The van der Waals surface area contributed by atoms with E-state index in [9.17, 15) is 9.59 Å². The quantitative estimate of drug-likeness (QED) is 0.499. The summed E-state index contributed by atoms with van der Waals surface area (Å²) < 4.78 is 5.28. The van der Waals surface area contributed by atoms with E-state index in [0.717, 1.165) is 0 Å². The normalized spacial score (nSPS) is 12.2. The summed E-state index contributed by atoms with van der Waals surface area (Å²) in [5, 5.41) is 0.0282. The predicted octanol–water partition coefficient (Wildman–Crippen LogP) is 3.78. The summed E-state index contributed by atoms with van der Waals surface area (Å²) in [6.07, 6.45) is -0.881. The predicted molar refractivity (Wildman–Crippen MR) is 99.9 cm³/mol. The molecular formula is C16H11Cl3N4O3. The van der Waals surface area contributed by atoms with Gasteiger partial charge in [0.05, 0.1) is 21.6 Å². The van der Waals surface area contributed by atoms with E-state index in [-0.39, 0.29) is 38.0 Å². The molecule has 0 radical (unpaired) electrons. The fourth-order valence-electron chi connectivity index (χ4n) is 2.24. The number of aromatic amines is 1. The van der Waals surface area contributed by atoms with Gasteiger partial charge in [-0.05, 0) is 19.1 Å². The van der Waals surface area contributed by atoms with Gasteiger partial charge in [0.1, 0.15) is 5.02 Å². The van der Waals surface area contributed by atoms with Crippen LogP contribution in [0.15, 0.2) is 29.1 Å². The monoisotopic (exact) mass is 412 g/mol. The lowest BCUT2D eigenvalue weighted by atomic mass is 10.2. The Labute approximate surface area is 162 Å². The highest BCUT2D eigenvalue weighted by Gasteiger charge is 2.24. The summed E-state index contributed by atoms with van der Waals surface area (Å²) in [6, 6.07) is 6.80. The number of halogens is 3. The minimum atomic E-state index is -0.886. The van der Waals surface area contributed by atoms with Crippen molar-refractivity contribution in [2.24, 2.45) is 0 Å². The average molecular weight is 414 g/mol. The first-order valence-electron chi connectivity index (χ1n) is 7.29. The second-order valence-electron chi connectivity index (χ2n) is 5.31. The fourth-order valence-corrected chi connectivity index (χ4v) is 2.82. The molecule has 0 spiro atoms. The van der Waals surface area contributed by atoms with Gasteiger partial charge in [-0.1, -0.05) is 46.9 Å². The highest BCUT2D eigenvalue weighted by Crippen LogP contribution is 2.35. The van der Waals surface area contributed by atoms with Gasteiger partial charge in [-0.3, -0.25) is 4.79 Å². The molecule has 1 aromatic carbocycles. The Morgan fingerprint density at radius 3 is 2.62 bits per heavy atom. The van der Waals surface area contributed by atoms with Gasteiger partial charge in [0, 0.05) is 0 Å². The van der Waals surface area contributed by atoms with E-state index in [1.807, 2.05) is 0 Å². The number of H-pyrrole nitrogens is 1. The van der Waals surface area contributed by atoms with E-state index in [4.69, 9.17) is 45.3 Å². The summed E-state index contributed by atoms with van der Waals surface area (Å²) in [4.78, 5) is 35.2. The van der Waals surface area contributed by atoms with Crippen molar-refractivity contribution in [1.82, 2.24) is 15.0 Å². The average Bonchev–Trinajstić information content (AvgIpc) is 2.62. The van der Waals surface area contributed by atoms with Crippen molar-refractivity contribution < 1.29 is 9.53 Å². The van der Waals surface area contributed by atoms with Crippen LogP contribution in [0, 0.1) is 0 Å². The zero-order chi connectivity index (χ0) is 19.0. The molecule has 10 heteroatoms. The van der Waals surface area contributed by atoms with Gasteiger partial charge in [0.2, 0.25) is 0 Å². The number of aromatic nitrogens is 3. The van der Waals surface area contributed by atoms with Crippen LogP contribution in [0.25, 0.3) is 10.9 Å². The first-order chi connectivity index (χ1) is 12.3. The molecule has 2 heterocycles. The molecule has 0 bridgehead atoms. The maximum Gasteiger partial charge on any atom is 0.359 e. The number of hydrogen-bond acceptors (Lipinski definition) is 6. The minimum Gasteiger partial charge on any atom is -0.450 e. The van der Waals surface area contributed by atoms with Crippen molar-refractivity contribution in [2.75, 3.05) is 5.73 Å². The molecule has 0 fully saturated rings. The fraction of sp³-hybridized carbons (Fsp3) is 0.125. The van der Waals surface area contributed by atoms with Crippen molar-refractivity contribution in [3.8, 4) is 0 Å². The van der Waals surface area contributed by atoms with E-state index >= 15 is 0 Å². The lowest BCUT2D eigenvalue weighted by Crippen LogP contribution is -2.18. The summed E-state index contributed by atoms with van der Waals surface area (Å²) >= 11 is 17.6. The molecule has 26 heavy (non-hydrogen) atoms. The number of rotatable bonds is 3. The number of pyridine rings is 1. The van der Waals surface area contributed by atoms with E-state index < -0.39 is 12.1 Å². The summed E-state index contributed by atoms with van der Waals surface area (Å²) in [7, 11) is 0. The van der Waals surface area contributed by atoms with Gasteiger partial charge in [-0.15, -0.1) is 0 Å². The Balaban J connectivity index is 1.92. The van der Waals surface area contributed by atoms with Crippen molar-refractivity contribution in [1.29, 1.82) is 0 Å². The lowest BCUT2D eigenvalue weighted by molar-refractivity contribution is 0.0313. The first-order valence-corrected chi connectivity index (χ1v) is 8.43. The van der Waals surface area contributed by atoms with E-state index in [1.165, 1.54) is 0 Å². The number of nitrogens with one attached hydrogen (secondary N) is 1. The number of nitrogens with two attached hydrogens (primary N) is 1. The minimum absolute atomic E-state index is 0.0539. The molecule has 0 aliphatic rings. The van der Waals surface area contributed by atoms with Crippen molar-refractivity contribution in [2.45, 2.75) is 13.0 Å². The number of benzene rings is 1. The van der Waals surface area contributed by atoms with Gasteiger partial charge in [-0.2, -0.15) is 0 Å². The van der Waals surface area contributed by atoms with Crippen LogP contribution < -0.4 is 11.3 Å². The Bertz CT molecular complexity index is 1080. The van der Waals surface area contributed by atoms with Gasteiger partial charge >= 0.3 is 5.97 Å². The standard InChI is InChI=1S/C16H11Cl3N4O3/c1-6(14-21-8-5-3-2-4-7(8)15(24)23-14)26-16(25)12-9(17)11(20)10(18)13(19)22-12/h2-6H,1H3,(H2,20,22)(H,21,23,24)/t6-/m0/s1. The molecule has 0 aliphatic carbocycles. The molecule has 0 saturated heterocycles. The van der Waals surface area contributed by atoms with Gasteiger partial charge in [-0.25, -0.2) is 14.8 Å². The van der Waals surface area contributed by atoms with Crippen LogP contribution in [-0.2, 0) is 4.74 Å². The topological polar surface area (TPSA) is 111 Å². The molecule has 0 aliphatic heterocycles. The Hall–Kier alpha value is -2.35. The number of nitrogens with zero attached hydrogens (tertiary/aromatic N) is 2. The third kappa shape index (κ3) is 3.33. The van der Waals surface area contributed by atoms with Crippen LogP contribution in [0.2, 0.25) is 15.2 Å². The van der Waals surface area contributed by atoms with Crippen LogP contribution in [0.4, 0.5) is 5.69 Å². The maximum atomic E-state index is 12.4. The molecule has 7 nitrogen and oxygen atoms in total. The van der Waals surface area contributed by atoms with Crippen molar-refractivity contribution in [3.05, 3.63) is 61.3 Å². The second-order valence-corrected chi connectivity index (χ2v) is 6.42. The Kier molecular flexibility index (Phi) is 5.04. The molecule has 0 saturated carbocycles. The van der Waals surface area contributed by atoms with Gasteiger partial charge in [0.25, 0.3) is 5.56 Å². The number of esters is 1. The summed E-state index contributed by atoms with van der Waals surface area (Å²) in [5.41, 5.74) is 5.46. The number of ether oxygens (including phenoxy) is 1. The molecule has 2 aromatic heterocycles. The van der Waals surface area contributed by atoms with Crippen LogP contribution in [0.1, 0.15) is 29.3 Å². The summed E-state index contributed by atoms with van der Waals surface area (Å²) in [6.45, 7) is 1.54. The molecule has 3 N–H and O–H groups in total. The largest absolute Gasteiger partial charge is 0.450 e. The molecule has 1 atom stereocenters. The van der Waals surface area contributed by atoms with Crippen LogP contribution in [0.3, 0.4) is 0 Å². The molecule has 0 unspecified atom stereocenters. The smallest absolute Gasteiger partial charge is 0.359 e. The van der Waals surface area contributed by atoms with E-state index in [2.05, 4.69) is 15.0 Å². The van der Waals surface area contributed by atoms with E-state index in [1.54, 1.807) is 31.2 Å². The Morgan fingerprint density at radius 1 is 1.19 bits per heavy atom. The third-order valence-electron chi connectivity index (χ3n) is 3.57. The highest BCUT2D eigenvalue weighted by molar-refractivity contribution is 6.46. The lowest BCUT2D eigenvalue weighted by Gasteiger charge is -2.14. The number of hydrogen-bond donors (Lipinski definition) is 2. The number of carbonyl (C=O) groups is 1. The zero-order valence-corrected chi connectivity index (χ0v) is 15.5. The summed E-state index contributed by atoms with van der Waals surface area (Å²) in [5.74, 6) is -0.713. The zero-order valence-electron chi connectivity index (χ0n) is 13.2. The van der Waals surface area contributed by atoms with Crippen LogP contribution >= 0.6 is 34.8 Å². The number of para-hydroxylation sites is 1. The molecule has 134 valence electrons. The maximum absolute atomic E-state index is 12.4. The molecule has 0 amide bonds. The van der Waals surface area contributed by atoms with Crippen molar-refractivity contribution >= 4 is 57.4 Å². The van der Waals surface area contributed by atoms with Gasteiger partial charge < -0.3 is 15.5 Å². The number of carbonyl (C=O) groups excluding carboxylic acids is 1.